The molecule has 0 aromatic heterocycles. The third-order valence-electron chi connectivity index (χ3n) is 1.35. The van der Waals surface area contributed by atoms with Crippen molar-refractivity contribution in [1.29, 1.82) is 0 Å². The molecule has 0 aliphatic carbocycles. The predicted molar refractivity (Wildman–Crippen MR) is 42.9 cm³/mol. The van der Waals surface area contributed by atoms with E-state index in [-0.39, 0.29) is 5.82 Å². The van der Waals surface area contributed by atoms with Crippen LogP contribution in [0.15, 0.2) is 24.3 Å². The highest BCUT2D eigenvalue weighted by atomic mass is 19.1. The summed E-state index contributed by atoms with van der Waals surface area (Å²) in [6.07, 6.45) is 0. The number of anilines is 1. The summed E-state index contributed by atoms with van der Waals surface area (Å²) in [6, 6.07) is 5.92. The molecule has 1 rings (SSSR count). The number of nitrogens with zero attached hydrogens (tertiary/aromatic N) is 1. The van der Waals surface area contributed by atoms with Crippen molar-refractivity contribution in [2.75, 3.05) is 19.4 Å². The lowest BCUT2D eigenvalue weighted by Crippen LogP contribution is -2.19. The second kappa shape index (κ2) is 4.04. The molecule has 0 unspecified atom stereocenters. The van der Waals surface area contributed by atoms with Crippen LogP contribution < -0.4 is 5.23 Å². The van der Waals surface area contributed by atoms with Gasteiger partial charge in [0, 0.05) is 6.07 Å². The molecule has 0 N–H and O–H groups in total. The lowest BCUT2D eigenvalue weighted by molar-refractivity contribution is -0.0434. The van der Waals surface area contributed by atoms with E-state index in [1.54, 1.807) is 12.1 Å². The molecule has 0 amide bonds. The second-order valence-corrected chi connectivity index (χ2v) is 2.10. The Morgan fingerprint density at radius 1 is 1.25 bits per heavy atom. The van der Waals surface area contributed by atoms with Gasteiger partial charge in [-0.25, -0.2) is 4.39 Å². The lowest BCUT2D eigenvalue weighted by Gasteiger charge is -2.17. The van der Waals surface area contributed by atoms with Crippen LogP contribution in [-0.4, -0.2) is 14.2 Å². The first-order valence-corrected chi connectivity index (χ1v) is 3.42. The Balaban J connectivity index is 2.85. The first-order chi connectivity index (χ1) is 5.77. The second-order valence-electron chi connectivity index (χ2n) is 2.10. The highest BCUT2D eigenvalue weighted by Crippen LogP contribution is 2.14. The molecule has 0 atom stereocenters. The van der Waals surface area contributed by atoms with Crippen molar-refractivity contribution < 1.29 is 14.1 Å². The summed E-state index contributed by atoms with van der Waals surface area (Å²) in [6.45, 7) is 0. The molecule has 0 aliphatic rings. The van der Waals surface area contributed by atoms with Crippen molar-refractivity contribution in [3.05, 3.63) is 30.1 Å². The molecule has 66 valence electrons. The summed E-state index contributed by atoms with van der Waals surface area (Å²) in [5.41, 5.74) is 0.514. The zero-order chi connectivity index (χ0) is 8.97. The van der Waals surface area contributed by atoms with E-state index in [0.717, 1.165) is 5.23 Å². The fourth-order valence-corrected chi connectivity index (χ4v) is 0.875. The van der Waals surface area contributed by atoms with Crippen LogP contribution in [0.25, 0.3) is 0 Å². The molecule has 1 aromatic carbocycles. The predicted octanol–water partition coefficient (Wildman–Crippen LogP) is 1.75. The molecule has 0 saturated heterocycles. The van der Waals surface area contributed by atoms with Crippen molar-refractivity contribution in [2.45, 2.75) is 0 Å². The van der Waals surface area contributed by atoms with E-state index < -0.39 is 0 Å². The Labute approximate surface area is 70.2 Å². The number of rotatable bonds is 3. The maximum Gasteiger partial charge on any atom is 0.125 e. The van der Waals surface area contributed by atoms with Gasteiger partial charge in [-0.05, 0) is 12.1 Å². The maximum absolute atomic E-state index is 12.7. The monoisotopic (exact) mass is 171 g/mol. The van der Waals surface area contributed by atoms with Gasteiger partial charge in [-0.15, -0.1) is 5.23 Å². The van der Waals surface area contributed by atoms with E-state index in [1.807, 2.05) is 0 Å². The molecule has 4 heteroatoms. The van der Waals surface area contributed by atoms with Crippen molar-refractivity contribution >= 4 is 5.69 Å². The standard InChI is InChI=1S/C8H10FNO2/c1-11-10(12-2)8-5-3-4-7(9)6-8/h3-6H,1-2H3. The minimum Gasteiger partial charge on any atom is -0.252 e. The SMILES string of the molecule is CON(OC)c1cccc(F)c1. The van der Waals surface area contributed by atoms with Gasteiger partial charge in [0.05, 0.1) is 19.9 Å². The van der Waals surface area contributed by atoms with Gasteiger partial charge in [0.15, 0.2) is 0 Å². The topological polar surface area (TPSA) is 21.7 Å². The van der Waals surface area contributed by atoms with E-state index >= 15 is 0 Å². The third kappa shape index (κ3) is 1.93. The molecule has 3 nitrogen and oxygen atoms in total. The van der Waals surface area contributed by atoms with Gasteiger partial charge in [0.25, 0.3) is 0 Å². The highest BCUT2D eigenvalue weighted by Gasteiger charge is 2.03. The van der Waals surface area contributed by atoms with Crippen LogP contribution in [0.2, 0.25) is 0 Å². The fourth-order valence-electron chi connectivity index (χ4n) is 0.875. The first kappa shape index (κ1) is 8.96. The Bertz CT molecular complexity index is 251. The van der Waals surface area contributed by atoms with E-state index in [9.17, 15) is 4.39 Å². The van der Waals surface area contributed by atoms with Crippen LogP contribution in [0.1, 0.15) is 0 Å². The molecule has 0 fully saturated rings. The summed E-state index contributed by atoms with van der Waals surface area (Å²) >= 11 is 0. The minimum atomic E-state index is -0.327. The molecule has 12 heavy (non-hydrogen) atoms. The maximum atomic E-state index is 12.7. The van der Waals surface area contributed by atoms with Gasteiger partial charge in [0.1, 0.15) is 5.82 Å². The van der Waals surface area contributed by atoms with Gasteiger partial charge in [-0.2, -0.15) is 0 Å². The molecule has 0 spiro atoms. The van der Waals surface area contributed by atoms with E-state index in [0.29, 0.717) is 5.69 Å². The fraction of sp³-hybridized carbons (Fsp3) is 0.250. The van der Waals surface area contributed by atoms with Crippen molar-refractivity contribution in [1.82, 2.24) is 0 Å². The third-order valence-corrected chi connectivity index (χ3v) is 1.35. The zero-order valence-corrected chi connectivity index (χ0v) is 6.95. The summed E-state index contributed by atoms with van der Waals surface area (Å²) in [5.74, 6) is -0.327. The van der Waals surface area contributed by atoms with Crippen LogP contribution in [-0.2, 0) is 9.68 Å². The van der Waals surface area contributed by atoms with Crippen LogP contribution in [0.3, 0.4) is 0 Å². The molecule has 0 bridgehead atoms. The van der Waals surface area contributed by atoms with Gasteiger partial charge >= 0.3 is 0 Å². The van der Waals surface area contributed by atoms with E-state index in [1.165, 1.54) is 26.4 Å². The average molecular weight is 171 g/mol. The summed E-state index contributed by atoms with van der Waals surface area (Å²) < 4.78 is 12.7. The van der Waals surface area contributed by atoms with E-state index in [2.05, 4.69) is 0 Å². The zero-order valence-electron chi connectivity index (χ0n) is 6.95. The first-order valence-electron chi connectivity index (χ1n) is 3.42. The molecule has 0 heterocycles. The summed E-state index contributed by atoms with van der Waals surface area (Å²) in [5, 5.41) is 1.11. The smallest absolute Gasteiger partial charge is 0.125 e. The van der Waals surface area contributed by atoms with Gasteiger partial charge in [0.2, 0.25) is 0 Å². The molecule has 0 aliphatic heterocycles. The summed E-state index contributed by atoms with van der Waals surface area (Å²) in [4.78, 5) is 9.57. The Morgan fingerprint density at radius 2 is 1.92 bits per heavy atom. The number of benzene rings is 1. The Morgan fingerprint density at radius 3 is 2.42 bits per heavy atom. The van der Waals surface area contributed by atoms with Crippen LogP contribution in [0.4, 0.5) is 10.1 Å². The van der Waals surface area contributed by atoms with E-state index in [4.69, 9.17) is 9.68 Å². The summed E-state index contributed by atoms with van der Waals surface area (Å²) in [7, 11) is 2.88. The van der Waals surface area contributed by atoms with Crippen LogP contribution >= 0.6 is 0 Å². The van der Waals surface area contributed by atoms with Crippen LogP contribution in [0, 0.1) is 5.82 Å². The van der Waals surface area contributed by atoms with Gasteiger partial charge in [-0.1, -0.05) is 6.07 Å². The molecule has 0 saturated carbocycles. The molecular formula is C8H10FNO2. The quantitative estimate of drug-likeness (QED) is 0.647. The normalized spacial score (nSPS) is 9.92. The van der Waals surface area contributed by atoms with Gasteiger partial charge in [-0.3, -0.25) is 9.68 Å². The minimum absolute atomic E-state index is 0.327. The largest absolute Gasteiger partial charge is 0.252 e. The number of halogens is 1. The van der Waals surface area contributed by atoms with Crippen LogP contribution in [0.5, 0.6) is 0 Å². The average Bonchev–Trinajstić information content (AvgIpc) is 2.07. The van der Waals surface area contributed by atoms with Crippen molar-refractivity contribution in [3.8, 4) is 0 Å². The Kier molecular flexibility index (Phi) is 3.01. The number of hydrogen-bond donors (Lipinski definition) is 0. The van der Waals surface area contributed by atoms with Gasteiger partial charge < -0.3 is 0 Å². The van der Waals surface area contributed by atoms with Crippen molar-refractivity contribution in [2.24, 2.45) is 0 Å². The molecule has 0 radical (unpaired) electrons. The lowest BCUT2D eigenvalue weighted by atomic mass is 10.3. The molecular weight excluding hydrogens is 161 g/mol. The molecule has 1 aromatic rings. The van der Waals surface area contributed by atoms with Crippen molar-refractivity contribution in [3.63, 3.8) is 0 Å². The highest BCUT2D eigenvalue weighted by molar-refractivity contribution is 5.41. The number of hydrogen-bond acceptors (Lipinski definition) is 3. The Hall–Kier alpha value is -1.13.